The van der Waals surface area contributed by atoms with Crippen molar-refractivity contribution in [3.05, 3.63) is 0 Å². The van der Waals surface area contributed by atoms with Gasteiger partial charge in [0.05, 0.1) is 12.1 Å². The molecule has 104 valence electrons. The highest BCUT2D eigenvalue weighted by Gasteiger charge is 2.50. The molecule has 0 radical (unpaired) electrons. The first kappa shape index (κ1) is 14.1. The number of amidine groups is 1. The highest BCUT2D eigenvalue weighted by atomic mass is 32.2. The van der Waals surface area contributed by atoms with Crippen LogP contribution in [-0.4, -0.2) is 63.4 Å². The number of hydrogen-bond donors (Lipinski definition) is 4. The average molecular weight is 276 g/mol. The Kier molecular flexibility index (Phi) is 4.50. The molecule has 6 atom stereocenters. The summed E-state index contributed by atoms with van der Waals surface area (Å²) in [6.07, 6.45) is -2.22. The Morgan fingerprint density at radius 2 is 2.17 bits per heavy atom. The van der Waals surface area contributed by atoms with Gasteiger partial charge in [-0.15, -0.1) is 0 Å². The third kappa shape index (κ3) is 2.50. The Morgan fingerprint density at radius 1 is 1.44 bits per heavy atom. The van der Waals surface area contributed by atoms with Crippen molar-refractivity contribution in [2.75, 3.05) is 7.05 Å². The van der Waals surface area contributed by atoms with E-state index in [1.165, 1.54) is 11.8 Å². The Hall–Kier alpha value is -0.340. The van der Waals surface area contributed by atoms with Gasteiger partial charge in [-0.25, -0.2) is 0 Å². The number of aliphatic imine (C=N–C) groups is 1. The largest absolute Gasteiger partial charge is 0.390 e. The van der Waals surface area contributed by atoms with Crippen LogP contribution in [0.3, 0.4) is 0 Å². The predicted molar refractivity (Wildman–Crippen MR) is 69.5 cm³/mol. The number of rotatable bonds is 3. The zero-order valence-corrected chi connectivity index (χ0v) is 11.3. The van der Waals surface area contributed by atoms with Crippen LogP contribution in [0.2, 0.25) is 0 Å². The fourth-order valence-electron chi connectivity index (χ4n) is 2.32. The van der Waals surface area contributed by atoms with Crippen LogP contribution in [0.4, 0.5) is 0 Å². The van der Waals surface area contributed by atoms with Gasteiger partial charge in [0.1, 0.15) is 23.7 Å². The topological polar surface area (TPSA) is 94.3 Å². The number of fused-ring (bicyclic) bond motifs is 1. The van der Waals surface area contributed by atoms with E-state index in [9.17, 15) is 15.3 Å². The zero-order valence-electron chi connectivity index (χ0n) is 10.5. The lowest BCUT2D eigenvalue weighted by atomic mass is 9.93. The van der Waals surface area contributed by atoms with Crippen LogP contribution in [0, 0.1) is 0 Å². The molecule has 7 heteroatoms. The van der Waals surface area contributed by atoms with Gasteiger partial charge in [-0.1, -0.05) is 25.1 Å². The summed E-state index contributed by atoms with van der Waals surface area (Å²) in [6.45, 7) is 1.95. The molecule has 0 bridgehead atoms. The molecule has 0 aromatic carbocycles. The van der Waals surface area contributed by atoms with Crippen molar-refractivity contribution in [3.8, 4) is 0 Å². The van der Waals surface area contributed by atoms with E-state index < -0.39 is 24.4 Å². The summed E-state index contributed by atoms with van der Waals surface area (Å²) in [6, 6.07) is -0.381. The molecule has 2 saturated heterocycles. The van der Waals surface area contributed by atoms with Gasteiger partial charge < -0.3 is 25.4 Å². The van der Waals surface area contributed by atoms with Gasteiger partial charge in [0.15, 0.2) is 5.17 Å². The van der Waals surface area contributed by atoms with Crippen LogP contribution in [0.15, 0.2) is 4.99 Å². The molecule has 18 heavy (non-hydrogen) atoms. The van der Waals surface area contributed by atoms with E-state index >= 15 is 0 Å². The molecule has 6 unspecified atom stereocenters. The van der Waals surface area contributed by atoms with E-state index in [0.29, 0.717) is 11.6 Å². The van der Waals surface area contributed by atoms with E-state index in [4.69, 9.17) is 4.74 Å². The SMILES string of the molecule is CCCC(O)C1OC2SC(=NC)NC2C(O)C1O. The summed E-state index contributed by atoms with van der Waals surface area (Å²) in [5, 5.41) is 33.7. The molecule has 0 aliphatic carbocycles. The zero-order chi connectivity index (χ0) is 13.3. The molecule has 0 aromatic rings. The molecule has 2 aliphatic rings. The monoisotopic (exact) mass is 276 g/mol. The molecule has 4 N–H and O–H groups in total. The van der Waals surface area contributed by atoms with Crippen molar-refractivity contribution in [2.45, 2.75) is 55.7 Å². The van der Waals surface area contributed by atoms with Crippen LogP contribution in [0.5, 0.6) is 0 Å². The average Bonchev–Trinajstić information content (AvgIpc) is 2.77. The lowest BCUT2D eigenvalue weighted by molar-refractivity contribution is -0.188. The number of hydrogen-bond acceptors (Lipinski definition) is 6. The second kappa shape index (κ2) is 5.75. The summed E-state index contributed by atoms with van der Waals surface area (Å²) in [7, 11) is 1.65. The standard InChI is InChI=1S/C11H20N2O4S/c1-3-4-5(14)9-8(16)7(15)6-10(17-9)18-11(12-2)13-6/h5-10,14-16H,3-4H2,1-2H3,(H,12,13). The quantitative estimate of drug-likeness (QED) is 0.544. The fourth-order valence-corrected chi connectivity index (χ4v) is 3.41. The smallest absolute Gasteiger partial charge is 0.159 e. The van der Waals surface area contributed by atoms with Gasteiger partial charge in [-0.05, 0) is 6.42 Å². The summed E-state index contributed by atoms with van der Waals surface area (Å²) >= 11 is 1.37. The van der Waals surface area contributed by atoms with Crippen LogP contribution in [0.1, 0.15) is 19.8 Å². The minimum atomic E-state index is -1.09. The van der Waals surface area contributed by atoms with Crippen LogP contribution in [-0.2, 0) is 4.74 Å². The van der Waals surface area contributed by atoms with Crippen molar-refractivity contribution in [2.24, 2.45) is 4.99 Å². The number of thioether (sulfide) groups is 1. The van der Waals surface area contributed by atoms with Crippen molar-refractivity contribution < 1.29 is 20.1 Å². The van der Waals surface area contributed by atoms with Crippen LogP contribution in [0.25, 0.3) is 0 Å². The van der Waals surface area contributed by atoms with E-state index in [1.807, 2.05) is 6.92 Å². The molecule has 0 saturated carbocycles. The Balaban J connectivity index is 2.09. The summed E-state index contributed by atoms with van der Waals surface area (Å²) in [5.41, 5.74) is -0.321. The lowest BCUT2D eigenvalue weighted by Gasteiger charge is -2.40. The lowest BCUT2D eigenvalue weighted by Crippen LogP contribution is -2.61. The van der Waals surface area contributed by atoms with Gasteiger partial charge in [-0.2, -0.15) is 0 Å². The molecule has 2 fully saturated rings. The highest BCUT2D eigenvalue weighted by molar-refractivity contribution is 8.14. The first-order valence-electron chi connectivity index (χ1n) is 6.18. The molecule has 2 heterocycles. The van der Waals surface area contributed by atoms with Crippen LogP contribution < -0.4 is 5.32 Å². The first-order valence-corrected chi connectivity index (χ1v) is 7.06. The molecule has 0 spiro atoms. The van der Waals surface area contributed by atoms with Crippen LogP contribution >= 0.6 is 11.8 Å². The van der Waals surface area contributed by atoms with E-state index in [1.54, 1.807) is 7.05 Å². The van der Waals surface area contributed by atoms with Gasteiger partial charge in [0.2, 0.25) is 0 Å². The van der Waals surface area contributed by atoms with E-state index in [2.05, 4.69) is 10.3 Å². The molecule has 2 rings (SSSR count). The maximum Gasteiger partial charge on any atom is 0.159 e. The second-order valence-electron chi connectivity index (χ2n) is 4.62. The highest BCUT2D eigenvalue weighted by Crippen LogP contribution is 2.35. The molecular weight excluding hydrogens is 256 g/mol. The third-order valence-corrected chi connectivity index (χ3v) is 4.48. The van der Waals surface area contributed by atoms with Crippen molar-refractivity contribution >= 4 is 16.9 Å². The van der Waals surface area contributed by atoms with Gasteiger partial charge in [-0.3, -0.25) is 4.99 Å². The number of nitrogens with one attached hydrogen (secondary N) is 1. The number of nitrogens with zero attached hydrogens (tertiary/aromatic N) is 1. The van der Waals surface area contributed by atoms with E-state index in [-0.39, 0.29) is 11.5 Å². The maximum atomic E-state index is 10.1. The number of ether oxygens (including phenoxy) is 1. The second-order valence-corrected chi connectivity index (χ2v) is 5.71. The van der Waals surface area contributed by atoms with Crippen molar-refractivity contribution in [1.82, 2.24) is 5.32 Å². The Labute approximate surface area is 110 Å². The molecular formula is C11H20N2O4S. The normalized spacial score (nSPS) is 43.6. The fraction of sp³-hybridized carbons (Fsp3) is 0.909. The molecule has 0 amide bonds. The summed E-state index contributed by atoms with van der Waals surface area (Å²) in [5.74, 6) is 0. The number of aliphatic hydroxyl groups is 3. The third-order valence-electron chi connectivity index (χ3n) is 3.32. The predicted octanol–water partition coefficient (Wildman–Crippen LogP) is -0.715. The van der Waals surface area contributed by atoms with Gasteiger partial charge in [0, 0.05) is 7.05 Å². The first-order chi connectivity index (χ1) is 8.58. The Bertz CT molecular complexity index is 328. The summed E-state index contributed by atoms with van der Waals surface area (Å²) < 4.78 is 5.70. The van der Waals surface area contributed by atoms with Gasteiger partial charge >= 0.3 is 0 Å². The molecule has 0 aromatic heterocycles. The molecule has 6 nitrogen and oxygen atoms in total. The maximum absolute atomic E-state index is 10.1. The van der Waals surface area contributed by atoms with E-state index in [0.717, 1.165) is 6.42 Å². The Morgan fingerprint density at radius 3 is 2.78 bits per heavy atom. The summed E-state index contributed by atoms with van der Waals surface area (Å²) in [4.78, 5) is 4.01. The van der Waals surface area contributed by atoms with Crippen molar-refractivity contribution in [3.63, 3.8) is 0 Å². The van der Waals surface area contributed by atoms with Crippen molar-refractivity contribution in [1.29, 1.82) is 0 Å². The minimum Gasteiger partial charge on any atom is -0.390 e. The number of aliphatic hydroxyl groups excluding tert-OH is 3. The molecule has 2 aliphatic heterocycles. The minimum absolute atomic E-state index is 0.321. The van der Waals surface area contributed by atoms with Gasteiger partial charge in [0.25, 0.3) is 0 Å².